The minimum absolute atomic E-state index is 0.149. The molecule has 4 rings (SSSR count). The summed E-state index contributed by atoms with van der Waals surface area (Å²) in [6.07, 6.45) is 0.423. The van der Waals surface area contributed by atoms with Crippen LogP contribution < -0.4 is 30.3 Å². The van der Waals surface area contributed by atoms with E-state index in [0.717, 1.165) is 19.2 Å². The molecule has 45 heavy (non-hydrogen) atoms. The van der Waals surface area contributed by atoms with Crippen molar-refractivity contribution < 1.29 is 33.6 Å². The number of hydrogen-bond acceptors (Lipinski definition) is 9. The average Bonchev–Trinajstić information content (AvgIpc) is 3.00. The Morgan fingerprint density at radius 3 is 2.67 bits per heavy atom. The van der Waals surface area contributed by atoms with Gasteiger partial charge in [-0.25, -0.2) is 9.59 Å². The lowest BCUT2D eigenvalue weighted by atomic mass is 9.95. The van der Waals surface area contributed by atoms with Gasteiger partial charge in [-0.2, -0.15) is 5.10 Å². The predicted octanol–water partition coefficient (Wildman–Crippen LogP) is 5.81. The number of amides is 2. The summed E-state index contributed by atoms with van der Waals surface area (Å²) in [5.74, 6) is 0.840. The number of carbonyl (C=O) groups is 2. The average molecular weight is 814 g/mol. The molecule has 3 aromatic carbocycles. The molecule has 0 aromatic heterocycles. The van der Waals surface area contributed by atoms with Gasteiger partial charge in [0.25, 0.3) is 0 Å². The summed E-state index contributed by atoms with van der Waals surface area (Å²) in [5.41, 5.74) is 5.54. The molecule has 0 saturated heterocycles. The van der Waals surface area contributed by atoms with E-state index in [1.165, 1.54) is 7.11 Å². The molecule has 11 nitrogen and oxygen atoms in total. The van der Waals surface area contributed by atoms with Gasteiger partial charge in [0.15, 0.2) is 17.7 Å². The van der Waals surface area contributed by atoms with Crippen molar-refractivity contribution in [1.82, 2.24) is 16.1 Å². The van der Waals surface area contributed by atoms with Gasteiger partial charge < -0.3 is 34.7 Å². The van der Waals surface area contributed by atoms with E-state index in [0.29, 0.717) is 46.7 Å². The molecule has 0 radical (unpaired) electrons. The van der Waals surface area contributed by atoms with E-state index in [9.17, 15) is 14.7 Å². The molecule has 1 heterocycles. The number of ether oxygens (including phenoxy) is 4. The maximum absolute atomic E-state index is 12.4. The van der Waals surface area contributed by atoms with Gasteiger partial charge in [0.1, 0.15) is 19.0 Å². The Morgan fingerprint density at radius 2 is 1.96 bits per heavy atom. The highest BCUT2D eigenvalue weighted by molar-refractivity contribution is 14.1. The van der Waals surface area contributed by atoms with E-state index in [4.69, 9.17) is 30.5 Å². The van der Waals surface area contributed by atoms with Gasteiger partial charge in [0, 0.05) is 16.3 Å². The van der Waals surface area contributed by atoms with Gasteiger partial charge in [-0.1, -0.05) is 35.9 Å². The van der Waals surface area contributed by atoms with E-state index >= 15 is 0 Å². The molecular formula is C31H31BrClIN4O7. The van der Waals surface area contributed by atoms with Crippen LogP contribution in [0.25, 0.3) is 0 Å². The summed E-state index contributed by atoms with van der Waals surface area (Å²) in [6, 6.07) is 15.1. The van der Waals surface area contributed by atoms with Gasteiger partial charge in [0.05, 0.1) is 39.6 Å². The molecule has 0 saturated carbocycles. The number of methoxy groups -OCH3 is 1. The van der Waals surface area contributed by atoms with Crippen LogP contribution in [-0.2, 0) is 16.1 Å². The normalized spacial score (nSPS) is 15.3. The van der Waals surface area contributed by atoms with Crippen LogP contribution in [0.3, 0.4) is 0 Å². The maximum atomic E-state index is 12.4. The number of hydrogen-bond donors (Lipinski definition) is 4. The Hall–Kier alpha value is -3.53. The standard InChI is InChI=1S/C31H31BrClIN4O7/c1-4-43-25-13-19(28-27(30(40)42-3)17(2)36-31(41)37-28)9-10-24(25)44-16-26(39)38-35-14-18-11-21(32)29(23(34)12-18)45-15-20-7-5-6-8-22(20)33/h5-14,26,28,38-39H,4,15-16H2,1-3H3,(H2,36,37,41)/b35-14-/t26-,28-/m1/s1. The van der Waals surface area contributed by atoms with Crippen molar-refractivity contribution in [2.45, 2.75) is 32.7 Å². The number of carbonyl (C=O) groups excluding carboxylic acids is 2. The largest absolute Gasteiger partial charge is 0.490 e. The van der Waals surface area contributed by atoms with Crippen molar-refractivity contribution in [3.05, 3.63) is 95.6 Å². The van der Waals surface area contributed by atoms with Crippen LogP contribution in [0, 0.1) is 3.57 Å². The van der Waals surface area contributed by atoms with Crippen molar-refractivity contribution in [2.24, 2.45) is 5.10 Å². The van der Waals surface area contributed by atoms with Gasteiger partial charge in [-0.05, 0) is 93.8 Å². The molecule has 2 amide bonds. The zero-order chi connectivity index (χ0) is 32.5. The monoisotopic (exact) mass is 812 g/mol. The number of esters is 1. The molecule has 0 unspecified atom stereocenters. The molecule has 0 spiro atoms. The first-order valence-electron chi connectivity index (χ1n) is 13.7. The SMILES string of the molecule is CCOc1cc([C@H]2NC(=O)NC(C)=C2C(=O)OC)ccc1OC[C@@H](O)N/N=C\c1cc(Br)c(OCc2ccccc2Cl)c(I)c1. The summed E-state index contributed by atoms with van der Waals surface area (Å²) < 4.78 is 24.1. The first-order valence-corrected chi connectivity index (χ1v) is 15.9. The van der Waals surface area contributed by atoms with Crippen molar-refractivity contribution in [3.63, 3.8) is 0 Å². The lowest BCUT2D eigenvalue weighted by Gasteiger charge is -2.28. The van der Waals surface area contributed by atoms with Crippen LogP contribution in [0.4, 0.5) is 4.79 Å². The van der Waals surface area contributed by atoms with Crippen molar-refractivity contribution in [1.29, 1.82) is 0 Å². The lowest BCUT2D eigenvalue weighted by Crippen LogP contribution is -2.45. The molecule has 14 heteroatoms. The molecular weight excluding hydrogens is 783 g/mol. The summed E-state index contributed by atoms with van der Waals surface area (Å²) in [7, 11) is 1.28. The second-order valence-corrected chi connectivity index (χ2v) is 12.0. The molecule has 4 N–H and O–H groups in total. The molecule has 2 atom stereocenters. The fourth-order valence-corrected chi connectivity index (χ4v) is 6.34. The van der Waals surface area contributed by atoms with E-state index in [1.54, 1.807) is 31.3 Å². The summed E-state index contributed by atoms with van der Waals surface area (Å²) in [5, 5.41) is 20.6. The number of halogens is 3. The molecule has 3 aromatic rings. The molecule has 238 valence electrons. The Morgan fingerprint density at radius 1 is 1.18 bits per heavy atom. The Bertz CT molecular complexity index is 1600. The second kappa shape index (κ2) is 16.2. The smallest absolute Gasteiger partial charge is 0.337 e. The first-order chi connectivity index (χ1) is 21.6. The van der Waals surface area contributed by atoms with Crippen LogP contribution in [0.5, 0.6) is 17.2 Å². The number of allylic oxidation sites excluding steroid dienone is 1. The third kappa shape index (κ3) is 9.02. The van der Waals surface area contributed by atoms with Crippen molar-refractivity contribution in [2.75, 3.05) is 20.3 Å². The third-order valence-electron chi connectivity index (χ3n) is 6.46. The minimum atomic E-state index is -1.14. The summed E-state index contributed by atoms with van der Waals surface area (Å²) in [6.45, 7) is 3.95. The van der Waals surface area contributed by atoms with Gasteiger partial charge >= 0.3 is 12.0 Å². The topological polar surface area (TPSA) is 140 Å². The van der Waals surface area contributed by atoms with Crippen LogP contribution >= 0.6 is 50.1 Å². The number of aliphatic hydroxyl groups excluding tert-OH is 1. The van der Waals surface area contributed by atoms with Gasteiger partial charge in [-0.3, -0.25) is 5.43 Å². The fraction of sp³-hybridized carbons (Fsp3) is 0.258. The molecule has 1 aliphatic rings. The van der Waals surface area contributed by atoms with E-state index in [2.05, 4.69) is 59.7 Å². The highest BCUT2D eigenvalue weighted by atomic mass is 127. The lowest BCUT2D eigenvalue weighted by molar-refractivity contribution is -0.136. The fourth-order valence-electron chi connectivity index (χ4n) is 4.38. The number of aliphatic hydroxyl groups is 1. The van der Waals surface area contributed by atoms with Gasteiger partial charge in [0.2, 0.25) is 0 Å². The molecule has 1 aliphatic heterocycles. The molecule has 0 fully saturated rings. The quantitative estimate of drug-likeness (QED) is 0.0559. The first kappa shape index (κ1) is 34.3. The summed E-state index contributed by atoms with van der Waals surface area (Å²) in [4.78, 5) is 24.6. The highest BCUT2D eigenvalue weighted by Crippen LogP contribution is 2.35. The number of nitrogens with one attached hydrogen (secondary N) is 3. The third-order valence-corrected chi connectivity index (χ3v) is 8.22. The van der Waals surface area contributed by atoms with Crippen LogP contribution in [0.15, 0.2) is 75.4 Å². The number of nitrogens with zero attached hydrogens (tertiary/aromatic N) is 1. The van der Waals surface area contributed by atoms with Crippen LogP contribution in [0.2, 0.25) is 5.02 Å². The number of benzene rings is 3. The zero-order valence-electron chi connectivity index (χ0n) is 24.5. The predicted molar refractivity (Wildman–Crippen MR) is 182 cm³/mol. The zero-order valence-corrected chi connectivity index (χ0v) is 29.0. The van der Waals surface area contributed by atoms with Crippen LogP contribution in [-0.4, -0.2) is 49.9 Å². The minimum Gasteiger partial charge on any atom is -0.490 e. The van der Waals surface area contributed by atoms with E-state index in [1.807, 2.05) is 43.3 Å². The second-order valence-electron chi connectivity index (χ2n) is 9.61. The van der Waals surface area contributed by atoms with E-state index in [-0.39, 0.29) is 12.2 Å². The number of urea groups is 1. The highest BCUT2D eigenvalue weighted by Gasteiger charge is 2.32. The van der Waals surface area contributed by atoms with E-state index < -0.39 is 24.3 Å². The molecule has 0 bridgehead atoms. The van der Waals surface area contributed by atoms with Crippen LogP contribution in [0.1, 0.15) is 36.6 Å². The maximum Gasteiger partial charge on any atom is 0.337 e. The van der Waals surface area contributed by atoms with Gasteiger partial charge in [-0.15, -0.1) is 0 Å². The van der Waals surface area contributed by atoms with Crippen molar-refractivity contribution >= 4 is 68.3 Å². The Kier molecular flexibility index (Phi) is 12.3. The summed E-state index contributed by atoms with van der Waals surface area (Å²) >= 11 is 12.0. The molecule has 0 aliphatic carbocycles. The Labute approximate surface area is 287 Å². The number of hydrazone groups is 1. The number of rotatable bonds is 13. The Balaban J connectivity index is 1.37. The van der Waals surface area contributed by atoms with Crippen molar-refractivity contribution in [3.8, 4) is 17.2 Å².